The van der Waals surface area contributed by atoms with Gasteiger partial charge in [0, 0.05) is 49.5 Å². The lowest BCUT2D eigenvalue weighted by Crippen LogP contribution is -2.54. The summed E-state index contributed by atoms with van der Waals surface area (Å²) in [6.45, 7) is 4.56. The average molecular weight is 892 g/mol. The molecular formula is C49H53N11O6. The molecule has 0 radical (unpaired) electrons. The zero-order valence-corrected chi connectivity index (χ0v) is 36.7. The van der Waals surface area contributed by atoms with Crippen molar-refractivity contribution in [1.82, 2.24) is 44.9 Å². The van der Waals surface area contributed by atoms with Crippen molar-refractivity contribution in [1.29, 1.82) is 0 Å². The highest BCUT2D eigenvalue weighted by atomic mass is 16.2. The summed E-state index contributed by atoms with van der Waals surface area (Å²) in [5, 5.41) is 12.0. The van der Waals surface area contributed by atoms with Crippen LogP contribution in [0.15, 0.2) is 85.5 Å². The van der Waals surface area contributed by atoms with Gasteiger partial charge in [0.2, 0.25) is 23.6 Å². The van der Waals surface area contributed by atoms with Gasteiger partial charge in [0.05, 0.1) is 30.4 Å². The number of imidazole rings is 1. The Morgan fingerprint density at radius 3 is 2.27 bits per heavy atom. The summed E-state index contributed by atoms with van der Waals surface area (Å²) in [4.78, 5) is 95.2. The van der Waals surface area contributed by atoms with Crippen molar-refractivity contribution in [3.8, 4) is 0 Å². The fourth-order valence-electron chi connectivity index (χ4n) is 10.2. The predicted molar refractivity (Wildman–Crippen MR) is 245 cm³/mol. The van der Waals surface area contributed by atoms with Crippen molar-refractivity contribution >= 4 is 63.8 Å². The molecule has 66 heavy (non-hydrogen) atoms. The van der Waals surface area contributed by atoms with E-state index in [1.54, 1.807) is 18.5 Å². The van der Waals surface area contributed by atoms with E-state index >= 15 is 0 Å². The second kappa shape index (κ2) is 18.5. The maximum Gasteiger partial charge on any atom is 0.262 e. The third-order valence-corrected chi connectivity index (χ3v) is 14.0. The van der Waals surface area contributed by atoms with Crippen LogP contribution in [0.5, 0.6) is 0 Å². The van der Waals surface area contributed by atoms with Crippen molar-refractivity contribution in [3.05, 3.63) is 108 Å². The minimum atomic E-state index is -1.03. The average Bonchev–Trinajstić information content (AvgIpc) is 3.85. The van der Waals surface area contributed by atoms with Gasteiger partial charge in [-0.25, -0.2) is 15.0 Å². The number of nitrogens with zero attached hydrogens (tertiary/aromatic N) is 7. The first-order valence-electron chi connectivity index (χ1n) is 23.1. The lowest BCUT2D eigenvalue weighted by Gasteiger charge is -2.38. The molecule has 6 amide bonds. The molecule has 5 aromatic rings. The fraction of sp³-hybridized carbons (Fsp3) is 0.408. The number of hydrogen-bond donors (Lipinski definition) is 4. The molecule has 6 heterocycles. The van der Waals surface area contributed by atoms with Crippen LogP contribution in [0, 0.1) is 5.92 Å². The first-order valence-corrected chi connectivity index (χ1v) is 23.1. The highest BCUT2D eigenvalue weighted by Crippen LogP contribution is 2.36. The Bertz CT molecular complexity index is 2670. The van der Waals surface area contributed by atoms with Gasteiger partial charge in [0.25, 0.3) is 11.8 Å². The number of fused-ring (bicyclic) bond motifs is 2. The summed E-state index contributed by atoms with van der Waals surface area (Å²) in [5.74, 6) is -0.511. The highest BCUT2D eigenvalue weighted by Gasteiger charge is 2.45. The van der Waals surface area contributed by atoms with Gasteiger partial charge in [-0.1, -0.05) is 42.5 Å². The second-order valence-electron chi connectivity index (χ2n) is 18.3. The van der Waals surface area contributed by atoms with Gasteiger partial charge in [-0.3, -0.25) is 39.0 Å². The Kier molecular flexibility index (Phi) is 12.0. The summed E-state index contributed by atoms with van der Waals surface area (Å²) in [6.07, 6.45) is 9.67. The molecule has 4 aliphatic heterocycles. The van der Waals surface area contributed by atoms with E-state index in [0.29, 0.717) is 42.9 Å². The van der Waals surface area contributed by atoms with Gasteiger partial charge in [-0.05, 0) is 111 Å². The molecule has 0 bridgehead atoms. The minimum absolute atomic E-state index is 0.0222. The largest absolute Gasteiger partial charge is 0.376 e. The van der Waals surface area contributed by atoms with Crippen LogP contribution in [0.2, 0.25) is 0 Å². The van der Waals surface area contributed by atoms with Crippen molar-refractivity contribution in [2.45, 2.75) is 81.8 Å². The van der Waals surface area contributed by atoms with E-state index in [0.717, 1.165) is 85.5 Å². The number of hydrogen-bond acceptors (Lipinski definition) is 12. The number of carbonyl (C=O) groups excluding carboxylic acids is 6. The Balaban J connectivity index is 0.643. The lowest BCUT2D eigenvalue weighted by atomic mass is 9.86. The third kappa shape index (κ3) is 8.99. The maximum absolute atomic E-state index is 13.2. The van der Waals surface area contributed by atoms with Gasteiger partial charge in [0.15, 0.2) is 17.0 Å². The zero-order chi connectivity index (χ0) is 45.3. The monoisotopic (exact) mass is 891 g/mol. The number of carbonyl (C=O) groups is 6. The zero-order valence-electron chi connectivity index (χ0n) is 36.7. The molecule has 3 saturated heterocycles. The number of benzene rings is 3. The number of rotatable bonds is 13. The summed E-state index contributed by atoms with van der Waals surface area (Å²) in [6, 6.07) is 22.5. The molecule has 1 aliphatic carbocycles. The molecule has 5 aliphatic rings. The van der Waals surface area contributed by atoms with E-state index in [-0.39, 0.29) is 54.4 Å². The summed E-state index contributed by atoms with van der Waals surface area (Å²) in [5.41, 5.74) is 5.69. The number of anilines is 3. The highest BCUT2D eigenvalue weighted by molar-refractivity contribution is 6.23. The molecule has 3 aromatic carbocycles. The Morgan fingerprint density at radius 2 is 1.52 bits per heavy atom. The smallest absolute Gasteiger partial charge is 0.262 e. The molecule has 17 nitrogen and oxygen atoms in total. The molecule has 4 N–H and O–H groups in total. The standard InChI is InChI=1S/C49H53N11O6/c61-41-13-12-40(47(64)56-41)60-48(65)38-11-10-35(25-39(38)49(60)66)50-26-43(63)58-20-14-31(15-21-58)27-57-18-16-33(17-19-57)32-6-8-34(9-7-32)55-45-44-46(52-28-51-45)59(29-53-44)37-23-36(24-37)54-42(62)22-30-4-2-1-3-5-30/h1-11,25,28-29,31,33,36-37,40,50H,12-24,26-27H2,(H,54,62)(H,51,52,55)(H,56,61,64)/t36?,37?,40-/m0/s1. The molecule has 1 atom stereocenters. The van der Waals surface area contributed by atoms with Crippen molar-refractivity contribution < 1.29 is 28.8 Å². The number of amides is 6. The van der Waals surface area contributed by atoms with Crippen LogP contribution >= 0.6 is 0 Å². The van der Waals surface area contributed by atoms with Crippen molar-refractivity contribution in [2.75, 3.05) is 49.9 Å². The van der Waals surface area contributed by atoms with E-state index < -0.39 is 29.7 Å². The quantitative estimate of drug-likeness (QED) is 0.120. The van der Waals surface area contributed by atoms with Crippen LogP contribution in [0.4, 0.5) is 17.2 Å². The van der Waals surface area contributed by atoms with Crippen molar-refractivity contribution in [2.24, 2.45) is 5.92 Å². The lowest BCUT2D eigenvalue weighted by molar-refractivity contribution is -0.136. The van der Waals surface area contributed by atoms with E-state index in [4.69, 9.17) is 0 Å². The fourth-order valence-corrected chi connectivity index (χ4v) is 10.2. The van der Waals surface area contributed by atoms with Gasteiger partial charge in [0.1, 0.15) is 12.4 Å². The van der Waals surface area contributed by atoms with Crippen LogP contribution in [-0.4, -0.2) is 121 Å². The number of aromatic nitrogens is 4. The molecule has 1 saturated carbocycles. The van der Waals surface area contributed by atoms with Gasteiger partial charge >= 0.3 is 0 Å². The van der Waals surface area contributed by atoms with Gasteiger partial charge in [-0.15, -0.1) is 0 Å². The van der Waals surface area contributed by atoms with Crippen LogP contribution in [0.1, 0.15) is 95.2 Å². The Hall–Kier alpha value is -7.01. The van der Waals surface area contributed by atoms with E-state index in [1.807, 2.05) is 41.6 Å². The summed E-state index contributed by atoms with van der Waals surface area (Å²) < 4.78 is 2.10. The SMILES string of the molecule is O=C1CC[C@H](N2C(=O)c3ccc(NCC(=O)N4CCC(CN5CCC(c6ccc(Nc7ncnc8c7ncn8C7CC(NC(=O)Cc8ccccc8)C7)cc6)CC5)CC4)cc3C2=O)C(=O)N1. The number of piperidine rings is 3. The number of imide groups is 2. The Morgan fingerprint density at radius 1 is 0.773 bits per heavy atom. The Labute approximate surface area is 381 Å². The van der Waals surface area contributed by atoms with Gasteiger partial charge < -0.3 is 30.3 Å². The summed E-state index contributed by atoms with van der Waals surface area (Å²) in [7, 11) is 0. The second-order valence-corrected chi connectivity index (χ2v) is 18.3. The first-order chi connectivity index (χ1) is 32.1. The number of likely N-dealkylation sites (tertiary alicyclic amines) is 2. The normalized spacial score (nSPS) is 21.7. The molecular weight excluding hydrogens is 839 g/mol. The first kappa shape index (κ1) is 42.9. The molecule has 4 fully saturated rings. The van der Waals surface area contributed by atoms with Gasteiger partial charge in [-0.2, -0.15) is 0 Å². The number of nitrogens with one attached hydrogen (secondary N) is 4. The molecule has 340 valence electrons. The van der Waals surface area contributed by atoms with Crippen LogP contribution in [0.25, 0.3) is 11.2 Å². The van der Waals surface area contributed by atoms with Crippen LogP contribution in [-0.2, 0) is 25.6 Å². The van der Waals surface area contributed by atoms with Crippen molar-refractivity contribution in [3.63, 3.8) is 0 Å². The van der Waals surface area contributed by atoms with Crippen LogP contribution < -0.4 is 21.3 Å². The van der Waals surface area contributed by atoms with Crippen LogP contribution in [0.3, 0.4) is 0 Å². The molecule has 17 heteroatoms. The predicted octanol–water partition coefficient (Wildman–Crippen LogP) is 4.56. The molecule has 10 rings (SSSR count). The minimum Gasteiger partial charge on any atom is -0.376 e. The maximum atomic E-state index is 13.2. The molecule has 0 spiro atoms. The molecule has 2 aromatic heterocycles. The van der Waals surface area contributed by atoms with E-state index in [2.05, 4.69) is 70.0 Å². The third-order valence-electron chi connectivity index (χ3n) is 14.0. The summed E-state index contributed by atoms with van der Waals surface area (Å²) >= 11 is 0. The van der Waals surface area contributed by atoms with E-state index in [9.17, 15) is 28.8 Å². The molecule has 0 unspecified atom stereocenters. The van der Waals surface area contributed by atoms with E-state index in [1.165, 1.54) is 11.6 Å². The topological polar surface area (TPSA) is 204 Å².